The van der Waals surface area contributed by atoms with E-state index in [1.165, 1.54) is 29.5 Å². The number of imidazole rings is 1. The van der Waals surface area contributed by atoms with Gasteiger partial charge in [-0.25, -0.2) is 9.37 Å². The Labute approximate surface area is 123 Å². The summed E-state index contributed by atoms with van der Waals surface area (Å²) in [5.74, 6) is -0.645. The van der Waals surface area contributed by atoms with E-state index in [-0.39, 0.29) is 17.9 Å². The predicted molar refractivity (Wildman–Crippen MR) is 78.2 cm³/mol. The number of anilines is 1. The van der Waals surface area contributed by atoms with Crippen molar-refractivity contribution in [1.82, 2.24) is 9.38 Å². The van der Waals surface area contributed by atoms with Crippen molar-refractivity contribution >= 4 is 27.7 Å². The van der Waals surface area contributed by atoms with Gasteiger partial charge in [0.15, 0.2) is 10.8 Å². The molecule has 1 aromatic carbocycles. The number of halogens is 1. The Bertz CT molecular complexity index is 827. The van der Waals surface area contributed by atoms with Gasteiger partial charge in [-0.2, -0.15) is 0 Å². The van der Waals surface area contributed by atoms with Gasteiger partial charge in [-0.1, -0.05) is 6.07 Å². The maximum absolute atomic E-state index is 13.8. The van der Waals surface area contributed by atoms with E-state index in [9.17, 15) is 14.5 Å². The van der Waals surface area contributed by atoms with E-state index in [0.717, 1.165) is 16.3 Å². The molecule has 3 aromatic rings. The zero-order chi connectivity index (χ0) is 15.0. The molecular formula is C13H11FN4O2S. The first-order chi connectivity index (χ1) is 10.1. The number of rotatable bonds is 4. The molecule has 8 heteroatoms. The number of nitro groups is 1. The maximum atomic E-state index is 13.8. The molecule has 0 bridgehead atoms. The van der Waals surface area contributed by atoms with E-state index in [0.29, 0.717) is 0 Å². The lowest BCUT2D eigenvalue weighted by Gasteiger charge is -2.08. The van der Waals surface area contributed by atoms with Gasteiger partial charge in [-0.3, -0.25) is 14.5 Å². The second-order valence-electron chi connectivity index (χ2n) is 4.44. The van der Waals surface area contributed by atoms with E-state index in [1.54, 1.807) is 0 Å². The van der Waals surface area contributed by atoms with Crippen molar-refractivity contribution in [3.8, 4) is 0 Å². The Morgan fingerprint density at radius 3 is 3.10 bits per heavy atom. The van der Waals surface area contributed by atoms with Crippen molar-refractivity contribution in [3.05, 3.63) is 57.1 Å². The molecular weight excluding hydrogens is 295 g/mol. The SMILES string of the molecule is Cc1nc2sccn2c1CNc1c(F)cccc1[N+](=O)[O-]. The molecule has 21 heavy (non-hydrogen) atoms. The van der Waals surface area contributed by atoms with Gasteiger partial charge in [-0.05, 0) is 13.0 Å². The number of hydrogen-bond acceptors (Lipinski definition) is 5. The van der Waals surface area contributed by atoms with Crippen LogP contribution in [0.5, 0.6) is 0 Å². The van der Waals surface area contributed by atoms with E-state index in [4.69, 9.17) is 0 Å². The topological polar surface area (TPSA) is 72.5 Å². The standard InChI is InChI=1S/C13H11FN4O2S/c1-8-11(17-5-6-21-13(17)16-8)7-15-12-9(14)3-2-4-10(12)18(19)20/h2-6,15H,7H2,1H3. The van der Waals surface area contributed by atoms with Crippen molar-refractivity contribution in [2.45, 2.75) is 13.5 Å². The number of nitro benzene ring substituents is 1. The van der Waals surface area contributed by atoms with E-state index in [1.807, 2.05) is 22.9 Å². The first-order valence-electron chi connectivity index (χ1n) is 6.15. The minimum atomic E-state index is -0.645. The Kier molecular flexibility index (Phi) is 3.30. The monoisotopic (exact) mass is 306 g/mol. The Morgan fingerprint density at radius 1 is 1.52 bits per heavy atom. The minimum Gasteiger partial charge on any atom is -0.371 e. The second kappa shape index (κ2) is 5.13. The van der Waals surface area contributed by atoms with Crippen LogP contribution in [0.2, 0.25) is 0 Å². The van der Waals surface area contributed by atoms with E-state index in [2.05, 4.69) is 10.3 Å². The molecule has 0 radical (unpaired) electrons. The maximum Gasteiger partial charge on any atom is 0.295 e. The third-order valence-electron chi connectivity index (χ3n) is 3.18. The number of hydrogen-bond donors (Lipinski definition) is 1. The molecule has 0 aliphatic carbocycles. The number of thiazole rings is 1. The molecule has 0 saturated carbocycles. The van der Waals surface area contributed by atoms with Crippen molar-refractivity contribution in [3.63, 3.8) is 0 Å². The van der Waals surface area contributed by atoms with Gasteiger partial charge in [-0.15, -0.1) is 11.3 Å². The van der Waals surface area contributed by atoms with Gasteiger partial charge in [0, 0.05) is 17.6 Å². The van der Waals surface area contributed by atoms with Gasteiger partial charge >= 0.3 is 0 Å². The van der Waals surface area contributed by atoms with Gasteiger partial charge in [0.05, 0.1) is 22.9 Å². The Morgan fingerprint density at radius 2 is 2.33 bits per heavy atom. The molecule has 0 atom stereocenters. The van der Waals surface area contributed by atoms with Crippen LogP contribution in [0.4, 0.5) is 15.8 Å². The number of aryl methyl sites for hydroxylation is 1. The highest BCUT2D eigenvalue weighted by Gasteiger charge is 2.18. The fourth-order valence-corrected chi connectivity index (χ4v) is 2.94. The number of nitrogens with one attached hydrogen (secondary N) is 1. The zero-order valence-electron chi connectivity index (χ0n) is 11.0. The first-order valence-corrected chi connectivity index (χ1v) is 7.03. The molecule has 0 spiro atoms. The summed E-state index contributed by atoms with van der Waals surface area (Å²) < 4.78 is 15.7. The molecule has 3 rings (SSSR count). The lowest BCUT2D eigenvalue weighted by molar-refractivity contribution is -0.384. The van der Waals surface area contributed by atoms with Gasteiger partial charge < -0.3 is 5.32 Å². The first kappa shape index (κ1) is 13.5. The quantitative estimate of drug-likeness (QED) is 0.592. The molecule has 0 fully saturated rings. The smallest absolute Gasteiger partial charge is 0.295 e. The van der Waals surface area contributed by atoms with Gasteiger partial charge in [0.2, 0.25) is 0 Å². The largest absolute Gasteiger partial charge is 0.371 e. The molecule has 108 valence electrons. The number of benzene rings is 1. The molecule has 0 saturated heterocycles. The summed E-state index contributed by atoms with van der Waals surface area (Å²) in [4.78, 5) is 15.6. The minimum absolute atomic E-state index is 0.105. The Hall–Kier alpha value is -2.48. The lowest BCUT2D eigenvalue weighted by atomic mass is 10.2. The summed E-state index contributed by atoms with van der Waals surface area (Å²) in [5, 5.41) is 15.7. The number of nitrogens with zero attached hydrogens (tertiary/aromatic N) is 3. The van der Waals surface area contributed by atoms with Crippen LogP contribution in [0.25, 0.3) is 4.96 Å². The van der Waals surface area contributed by atoms with Crippen LogP contribution in [0.15, 0.2) is 29.8 Å². The summed E-state index contributed by atoms with van der Waals surface area (Å²) >= 11 is 1.50. The molecule has 0 aliphatic rings. The highest BCUT2D eigenvalue weighted by Crippen LogP contribution is 2.28. The zero-order valence-corrected chi connectivity index (χ0v) is 11.9. The van der Waals surface area contributed by atoms with E-state index >= 15 is 0 Å². The molecule has 0 unspecified atom stereocenters. The average Bonchev–Trinajstić information content (AvgIpc) is 2.98. The van der Waals surface area contributed by atoms with Crippen molar-refractivity contribution in [2.24, 2.45) is 0 Å². The van der Waals surface area contributed by atoms with E-state index < -0.39 is 10.7 Å². The number of fused-ring (bicyclic) bond motifs is 1. The van der Waals surface area contributed by atoms with Gasteiger partial charge in [0.1, 0.15) is 5.69 Å². The molecule has 1 N–H and O–H groups in total. The molecule has 2 heterocycles. The van der Waals surface area contributed by atoms with Crippen LogP contribution in [0.3, 0.4) is 0 Å². The third kappa shape index (κ3) is 2.33. The van der Waals surface area contributed by atoms with Crippen LogP contribution in [0.1, 0.15) is 11.4 Å². The molecule has 0 aliphatic heterocycles. The van der Waals surface area contributed by atoms with Crippen LogP contribution in [0, 0.1) is 22.9 Å². The van der Waals surface area contributed by atoms with Crippen LogP contribution < -0.4 is 5.32 Å². The summed E-state index contributed by atoms with van der Waals surface area (Å²) in [6.07, 6.45) is 1.87. The van der Waals surface area contributed by atoms with Crippen LogP contribution in [-0.4, -0.2) is 14.3 Å². The predicted octanol–water partition coefficient (Wildman–Crippen LogP) is 3.36. The molecule has 2 aromatic heterocycles. The van der Waals surface area contributed by atoms with Crippen LogP contribution in [-0.2, 0) is 6.54 Å². The summed E-state index contributed by atoms with van der Waals surface area (Å²) in [5.41, 5.74) is 1.28. The lowest BCUT2D eigenvalue weighted by Crippen LogP contribution is -2.07. The number of aromatic nitrogens is 2. The fraction of sp³-hybridized carbons (Fsp3) is 0.154. The second-order valence-corrected chi connectivity index (χ2v) is 5.32. The van der Waals surface area contributed by atoms with Crippen LogP contribution >= 0.6 is 11.3 Å². The fourth-order valence-electron chi connectivity index (χ4n) is 2.17. The highest BCUT2D eigenvalue weighted by molar-refractivity contribution is 7.15. The van der Waals surface area contributed by atoms with Gasteiger partial charge in [0.25, 0.3) is 5.69 Å². The van der Waals surface area contributed by atoms with Crippen molar-refractivity contribution in [2.75, 3.05) is 5.32 Å². The summed E-state index contributed by atoms with van der Waals surface area (Å²) in [7, 11) is 0. The molecule has 0 amide bonds. The third-order valence-corrected chi connectivity index (χ3v) is 3.94. The average molecular weight is 306 g/mol. The summed E-state index contributed by atoms with van der Waals surface area (Å²) in [6.45, 7) is 2.11. The Balaban J connectivity index is 1.93. The molecule has 6 nitrogen and oxygen atoms in total. The van der Waals surface area contributed by atoms with Crippen molar-refractivity contribution < 1.29 is 9.31 Å². The summed E-state index contributed by atoms with van der Waals surface area (Å²) in [6, 6.07) is 3.79. The highest BCUT2D eigenvalue weighted by atomic mass is 32.1. The normalized spacial score (nSPS) is 11.0. The number of para-hydroxylation sites is 1. The van der Waals surface area contributed by atoms with Crippen molar-refractivity contribution in [1.29, 1.82) is 0 Å².